The van der Waals surface area contributed by atoms with Crippen LogP contribution in [0.4, 0.5) is 0 Å². The minimum Gasteiger partial charge on any atom is -0.329 e. The number of halogens is 1. The van der Waals surface area contributed by atoms with Crippen LogP contribution in [0.2, 0.25) is 5.02 Å². The first-order valence-corrected chi connectivity index (χ1v) is 10.4. The molecular weight excluding hydrogens is 386 g/mol. The number of nitrogens with zero attached hydrogens (tertiary/aromatic N) is 3. The van der Waals surface area contributed by atoms with Crippen LogP contribution in [-0.4, -0.2) is 26.9 Å². The van der Waals surface area contributed by atoms with Crippen molar-refractivity contribution in [3.63, 3.8) is 0 Å². The van der Waals surface area contributed by atoms with Crippen LogP contribution >= 0.6 is 11.6 Å². The SMILES string of the molecule is CCc1ccc(C(=O)N(CC)C(C)c2nc3ccc(Cl)cc3c(=O)n2CC)cc1. The molecule has 1 unspecified atom stereocenters. The molecular formula is C23H26ClN3O2. The van der Waals surface area contributed by atoms with Crippen LogP contribution in [0.15, 0.2) is 47.3 Å². The summed E-state index contributed by atoms with van der Waals surface area (Å²) in [6.07, 6.45) is 0.927. The van der Waals surface area contributed by atoms with Crippen LogP contribution in [-0.2, 0) is 13.0 Å². The molecule has 0 N–H and O–H groups in total. The van der Waals surface area contributed by atoms with E-state index >= 15 is 0 Å². The van der Waals surface area contributed by atoms with Crippen molar-refractivity contribution in [3.8, 4) is 0 Å². The Morgan fingerprint density at radius 2 is 1.83 bits per heavy atom. The van der Waals surface area contributed by atoms with Gasteiger partial charge in [-0.3, -0.25) is 14.2 Å². The first kappa shape index (κ1) is 21.1. The Hall–Kier alpha value is -2.66. The molecule has 5 nitrogen and oxygen atoms in total. The molecule has 0 saturated heterocycles. The van der Waals surface area contributed by atoms with Crippen LogP contribution in [0.5, 0.6) is 0 Å². The first-order valence-electron chi connectivity index (χ1n) is 10.0. The fraction of sp³-hybridized carbons (Fsp3) is 0.348. The van der Waals surface area contributed by atoms with Gasteiger partial charge in [0.05, 0.1) is 16.9 Å². The minimum absolute atomic E-state index is 0.0734. The maximum absolute atomic E-state index is 13.2. The van der Waals surface area contributed by atoms with Gasteiger partial charge >= 0.3 is 0 Å². The Morgan fingerprint density at radius 1 is 1.14 bits per heavy atom. The highest BCUT2D eigenvalue weighted by Crippen LogP contribution is 2.23. The molecule has 0 bridgehead atoms. The Bertz CT molecular complexity index is 1090. The van der Waals surface area contributed by atoms with Gasteiger partial charge in [-0.15, -0.1) is 0 Å². The van der Waals surface area contributed by atoms with Crippen LogP contribution in [0, 0.1) is 0 Å². The number of rotatable bonds is 6. The fourth-order valence-electron chi connectivity index (χ4n) is 3.62. The lowest BCUT2D eigenvalue weighted by Crippen LogP contribution is -2.37. The molecule has 0 aliphatic heterocycles. The van der Waals surface area contributed by atoms with Crippen LogP contribution < -0.4 is 5.56 Å². The molecule has 2 aromatic carbocycles. The number of fused-ring (bicyclic) bond motifs is 1. The summed E-state index contributed by atoms with van der Waals surface area (Å²) >= 11 is 6.06. The zero-order chi connectivity index (χ0) is 21.1. The van der Waals surface area contributed by atoms with Crippen molar-refractivity contribution in [2.75, 3.05) is 6.54 Å². The highest BCUT2D eigenvalue weighted by molar-refractivity contribution is 6.31. The lowest BCUT2D eigenvalue weighted by atomic mass is 10.1. The summed E-state index contributed by atoms with van der Waals surface area (Å²) in [6.45, 7) is 8.80. The largest absolute Gasteiger partial charge is 0.329 e. The van der Waals surface area contributed by atoms with Gasteiger partial charge < -0.3 is 4.90 Å². The predicted molar refractivity (Wildman–Crippen MR) is 118 cm³/mol. The lowest BCUT2D eigenvalue weighted by Gasteiger charge is -2.29. The third kappa shape index (κ3) is 4.06. The first-order chi connectivity index (χ1) is 13.9. The molecule has 3 aromatic rings. The van der Waals surface area contributed by atoms with E-state index in [9.17, 15) is 9.59 Å². The molecule has 29 heavy (non-hydrogen) atoms. The topological polar surface area (TPSA) is 55.2 Å². The van der Waals surface area contributed by atoms with Crippen LogP contribution in [0.3, 0.4) is 0 Å². The van der Waals surface area contributed by atoms with Gasteiger partial charge in [0.25, 0.3) is 11.5 Å². The number of carbonyl (C=O) groups excluding carboxylic acids is 1. The van der Waals surface area contributed by atoms with Gasteiger partial charge in [0.1, 0.15) is 5.82 Å². The average Bonchev–Trinajstić information content (AvgIpc) is 2.74. The fourth-order valence-corrected chi connectivity index (χ4v) is 3.79. The van der Waals surface area contributed by atoms with E-state index in [1.54, 1.807) is 27.7 Å². The molecule has 0 saturated carbocycles. The van der Waals surface area contributed by atoms with Gasteiger partial charge in [-0.2, -0.15) is 0 Å². The summed E-state index contributed by atoms with van der Waals surface area (Å²) in [5, 5.41) is 0.987. The molecule has 0 radical (unpaired) electrons. The third-order valence-electron chi connectivity index (χ3n) is 5.31. The number of amides is 1. The quantitative estimate of drug-likeness (QED) is 0.582. The lowest BCUT2D eigenvalue weighted by molar-refractivity contribution is 0.0691. The van der Waals surface area contributed by atoms with Crippen molar-refractivity contribution in [2.45, 2.75) is 46.7 Å². The van der Waals surface area contributed by atoms with Gasteiger partial charge in [0.2, 0.25) is 0 Å². The normalized spacial score (nSPS) is 12.2. The minimum atomic E-state index is -0.355. The van der Waals surface area contributed by atoms with E-state index in [-0.39, 0.29) is 17.5 Å². The second kappa shape index (κ2) is 8.78. The molecule has 0 aliphatic carbocycles. The summed E-state index contributed by atoms with van der Waals surface area (Å²) in [5.74, 6) is 0.503. The van der Waals surface area contributed by atoms with Crippen molar-refractivity contribution in [3.05, 3.63) is 74.8 Å². The second-order valence-electron chi connectivity index (χ2n) is 7.00. The van der Waals surface area contributed by atoms with Crippen molar-refractivity contribution in [1.29, 1.82) is 0 Å². The standard InChI is InChI=1S/C23H26ClN3O2/c1-5-16-8-10-17(11-9-16)22(28)26(6-2)15(4)21-25-20-13-12-18(24)14-19(20)23(29)27(21)7-3/h8-15H,5-7H2,1-4H3. The monoisotopic (exact) mass is 411 g/mol. The van der Waals surface area contributed by atoms with E-state index in [0.717, 1.165) is 6.42 Å². The van der Waals surface area contributed by atoms with Crippen LogP contribution in [0.1, 0.15) is 55.5 Å². The molecule has 0 fully saturated rings. The Labute approximate surface area is 175 Å². The van der Waals surface area contributed by atoms with E-state index in [1.807, 2.05) is 45.0 Å². The van der Waals surface area contributed by atoms with Gasteiger partial charge in [-0.1, -0.05) is 30.7 Å². The molecule has 6 heteroatoms. The molecule has 0 aliphatic rings. The molecule has 0 spiro atoms. The molecule has 1 atom stereocenters. The van der Waals surface area contributed by atoms with Crippen molar-refractivity contribution in [2.24, 2.45) is 0 Å². The molecule has 1 aromatic heterocycles. The highest BCUT2D eigenvalue weighted by Gasteiger charge is 2.25. The van der Waals surface area contributed by atoms with Crippen molar-refractivity contribution >= 4 is 28.4 Å². The number of hydrogen-bond donors (Lipinski definition) is 0. The van der Waals surface area contributed by atoms with Gasteiger partial charge in [0.15, 0.2) is 0 Å². The second-order valence-corrected chi connectivity index (χ2v) is 7.43. The van der Waals surface area contributed by atoms with E-state index in [1.165, 1.54) is 5.56 Å². The summed E-state index contributed by atoms with van der Waals surface area (Å²) in [4.78, 5) is 32.7. The zero-order valence-corrected chi connectivity index (χ0v) is 18.0. The highest BCUT2D eigenvalue weighted by atomic mass is 35.5. The van der Waals surface area contributed by atoms with E-state index < -0.39 is 0 Å². The molecule has 1 heterocycles. The van der Waals surface area contributed by atoms with Gasteiger partial charge in [-0.05, 0) is 63.1 Å². The average molecular weight is 412 g/mol. The van der Waals surface area contributed by atoms with E-state index in [2.05, 4.69) is 6.92 Å². The molecule has 152 valence electrons. The maximum atomic E-state index is 13.2. The number of aryl methyl sites for hydroxylation is 1. The van der Waals surface area contributed by atoms with Gasteiger partial charge in [0, 0.05) is 23.7 Å². The number of benzene rings is 2. The Morgan fingerprint density at radius 3 is 2.41 bits per heavy atom. The molecule has 3 rings (SSSR count). The third-order valence-corrected chi connectivity index (χ3v) is 5.55. The van der Waals surface area contributed by atoms with Crippen molar-refractivity contribution < 1.29 is 4.79 Å². The number of aromatic nitrogens is 2. The maximum Gasteiger partial charge on any atom is 0.261 e. The summed E-state index contributed by atoms with van der Waals surface area (Å²) in [7, 11) is 0. The van der Waals surface area contributed by atoms with Crippen molar-refractivity contribution in [1.82, 2.24) is 14.5 Å². The Balaban J connectivity index is 2.05. The number of carbonyl (C=O) groups is 1. The summed E-state index contributed by atoms with van der Waals surface area (Å²) < 4.78 is 1.62. The van der Waals surface area contributed by atoms with E-state index in [4.69, 9.17) is 16.6 Å². The van der Waals surface area contributed by atoms with E-state index in [0.29, 0.717) is 40.4 Å². The molecule has 1 amide bonds. The van der Waals surface area contributed by atoms with Crippen LogP contribution in [0.25, 0.3) is 10.9 Å². The zero-order valence-electron chi connectivity index (χ0n) is 17.3. The Kier molecular flexibility index (Phi) is 6.38. The van der Waals surface area contributed by atoms with Gasteiger partial charge in [-0.25, -0.2) is 4.98 Å². The smallest absolute Gasteiger partial charge is 0.261 e. The number of hydrogen-bond acceptors (Lipinski definition) is 3. The summed E-state index contributed by atoms with van der Waals surface area (Å²) in [5.41, 5.74) is 2.26. The summed E-state index contributed by atoms with van der Waals surface area (Å²) in [6, 6.07) is 12.4. The predicted octanol–water partition coefficient (Wildman–Crippen LogP) is 4.86.